The Bertz CT molecular complexity index is 901. The summed E-state index contributed by atoms with van der Waals surface area (Å²) in [6.45, 7) is 2.48. The van der Waals surface area contributed by atoms with E-state index < -0.39 is 0 Å². The quantitative estimate of drug-likeness (QED) is 0.569. The summed E-state index contributed by atoms with van der Waals surface area (Å²) in [5, 5.41) is 0. The number of methoxy groups -OCH3 is 1. The van der Waals surface area contributed by atoms with Crippen molar-refractivity contribution >= 4 is 0 Å². The molecule has 2 aromatic carbocycles. The van der Waals surface area contributed by atoms with Crippen LogP contribution in [0.4, 0.5) is 4.39 Å². The molecule has 0 atom stereocenters. The van der Waals surface area contributed by atoms with Crippen LogP contribution in [0.25, 0.3) is 0 Å². The molecule has 0 radical (unpaired) electrons. The van der Waals surface area contributed by atoms with Crippen LogP contribution in [0, 0.1) is 5.82 Å². The first-order valence-electron chi connectivity index (χ1n) is 9.47. The van der Waals surface area contributed by atoms with Crippen LogP contribution in [0.1, 0.15) is 29.7 Å². The summed E-state index contributed by atoms with van der Waals surface area (Å²) in [7, 11) is 1.69. The van der Waals surface area contributed by atoms with Gasteiger partial charge in [-0.2, -0.15) is 0 Å². The number of rotatable bonds is 8. The number of ether oxygens (including phenoxy) is 1. The van der Waals surface area contributed by atoms with E-state index in [4.69, 9.17) is 4.74 Å². The van der Waals surface area contributed by atoms with Gasteiger partial charge in [0.15, 0.2) is 0 Å². The Labute approximate surface area is 160 Å². The molecule has 1 aliphatic rings. The van der Waals surface area contributed by atoms with Crippen LogP contribution < -0.4 is 4.74 Å². The summed E-state index contributed by atoms with van der Waals surface area (Å²) in [5.41, 5.74) is 3.53. The van der Waals surface area contributed by atoms with Gasteiger partial charge in [0.25, 0.3) is 0 Å². The molecule has 3 aromatic rings. The van der Waals surface area contributed by atoms with Gasteiger partial charge in [-0.05, 0) is 60.4 Å². The average molecular weight is 364 g/mol. The molecule has 0 amide bonds. The molecule has 4 heteroatoms. The van der Waals surface area contributed by atoms with E-state index in [1.165, 1.54) is 30.2 Å². The van der Waals surface area contributed by atoms with Gasteiger partial charge in [-0.1, -0.05) is 24.3 Å². The van der Waals surface area contributed by atoms with Crippen LogP contribution in [0.15, 0.2) is 66.9 Å². The monoisotopic (exact) mass is 364 g/mol. The van der Waals surface area contributed by atoms with Crippen molar-refractivity contribution in [1.29, 1.82) is 0 Å². The minimum atomic E-state index is -0.162. The molecule has 4 rings (SSSR count). The highest BCUT2D eigenvalue weighted by molar-refractivity contribution is 5.29. The number of aromatic nitrogens is 1. The van der Waals surface area contributed by atoms with Gasteiger partial charge in [0.1, 0.15) is 11.6 Å². The second-order valence-electron chi connectivity index (χ2n) is 7.25. The number of halogens is 1. The number of nitrogens with zero attached hydrogens (tertiary/aromatic N) is 2. The van der Waals surface area contributed by atoms with Crippen molar-refractivity contribution in [3.8, 4) is 5.75 Å². The first kappa shape index (κ1) is 17.8. The lowest BCUT2D eigenvalue weighted by molar-refractivity contribution is 0.239. The molecule has 1 fully saturated rings. The van der Waals surface area contributed by atoms with E-state index in [0.717, 1.165) is 30.9 Å². The summed E-state index contributed by atoms with van der Waals surface area (Å²) < 4.78 is 21.2. The largest absolute Gasteiger partial charge is 0.497 e. The van der Waals surface area contributed by atoms with Crippen molar-refractivity contribution in [2.24, 2.45) is 0 Å². The van der Waals surface area contributed by atoms with Crippen molar-refractivity contribution in [3.63, 3.8) is 0 Å². The fraction of sp³-hybridized carbons (Fsp3) is 0.304. The van der Waals surface area contributed by atoms with Crippen molar-refractivity contribution in [2.75, 3.05) is 7.11 Å². The third-order valence-corrected chi connectivity index (χ3v) is 5.11. The van der Waals surface area contributed by atoms with Gasteiger partial charge >= 0.3 is 0 Å². The lowest BCUT2D eigenvalue weighted by Gasteiger charge is -2.23. The molecular weight excluding hydrogens is 339 g/mol. The summed E-state index contributed by atoms with van der Waals surface area (Å²) >= 11 is 0. The van der Waals surface area contributed by atoms with E-state index >= 15 is 0 Å². The third kappa shape index (κ3) is 4.58. The standard InChI is InChI=1S/C23H25FN2O/c1-27-23-9-3-6-19(14-23)15-25-12-4-8-22(25)17-26(21-10-11-21)16-18-5-2-7-20(24)13-18/h2-9,12-14,21H,10-11,15-17H2,1H3. The molecular formula is C23H25FN2O. The Morgan fingerprint density at radius 2 is 1.81 bits per heavy atom. The van der Waals surface area contributed by atoms with E-state index in [2.05, 4.69) is 39.9 Å². The highest BCUT2D eigenvalue weighted by atomic mass is 19.1. The van der Waals surface area contributed by atoms with E-state index in [9.17, 15) is 4.39 Å². The lowest BCUT2D eigenvalue weighted by Crippen LogP contribution is -2.26. The highest BCUT2D eigenvalue weighted by Crippen LogP contribution is 2.30. The van der Waals surface area contributed by atoms with E-state index in [-0.39, 0.29) is 5.82 Å². The summed E-state index contributed by atoms with van der Waals surface area (Å²) in [4.78, 5) is 2.46. The maximum Gasteiger partial charge on any atom is 0.123 e. The molecule has 1 aliphatic carbocycles. The van der Waals surface area contributed by atoms with Gasteiger partial charge in [-0.15, -0.1) is 0 Å². The maximum atomic E-state index is 13.5. The predicted molar refractivity (Wildman–Crippen MR) is 105 cm³/mol. The lowest BCUT2D eigenvalue weighted by atomic mass is 10.2. The maximum absolute atomic E-state index is 13.5. The molecule has 1 aromatic heterocycles. The molecule has 1 saturated carbocycles. The van der Waals surface area contributed by atoms with Gasteiger partial charge in [0.05, 0.1) is 7.11 Å². The Balaban J connectivity index is 1.49. The van der Waals surface area contributed by atoms with Gasteiger partial charge in [0.2, 0.25) is 0 Å². The minimum absolute atomic E-state index is 0.162. The van der Waals surface area contributed by atoms with Crippen LogP contribution in [0.5, 0.6) is 5.75 Å². The Morgan fingerprint density at radius 3 is 2.59 bits per heavy atom. The van der Waals surface area contributed by atoms with Gasteiger partial charge < -0.3 is 9.30 Å². The highest BCUT2D eigenvalue weighted by Gasteiger charge is 2.29. The van der Waals surface area contributed by atoms with Crippen LogP contribution in [-0.4, -0.2) is 22.6 Å². The SMILES string of the molecule is COc1cccc(Cn2cccc2CN(Cc2cccc(F)c2)C2CC2)c1. The van der Waals surface area contributed by atoms with Crippen molar-refractivity contribution < 1.29 is 9.13 Å². The molecule has 0 aliphatic heterocycles. The predicted octanol–water partition coefficient (Wildman–Crippen LogP) is 4.85. The van der Waals surface area contributed by atoms with E-state index in [1.807, 2.05) is 18.2 Å². The van der Waals surface area contributed by atoms with Crippen LogP contribution in [0.3, 0.4) is 0 Å². The van der Waals surface area contributed by atoms with Crippen molar-refractivity contribution in [2.45, 2.75) is 38.5 Å². The molecule has 3 nitrogen and oxygen atoms in total. The smallest absolute Gasteiger partial charge is 0.123 e. The van der Waals surface area contributed by atoms with Crippen molar-refractivity contribution in [3.05, 3.63) is 89.5 Å². The molecule has 0 unspecified atom stereocenters. The molecule has 0 bridgehead atoms. The van der Waals surface area contributed by atoms with Gasteiger partial charge in [-0.25, -0.2) is 4.39 Å². The zero-order valence-electron chi connectivity index (χ0n) is 15.6. The number of hydrogen-bond donors (Lipinski definition) is 0. The molecule has 0 saturated heterocycles. The molecule has 1 heterocycles. The van der Waals surface area contributed by atoms with Gasteiger partial charge in [-0.3, -0.25) is 4.90 Å². The summed E-state index contributed by atoms with van der Waals surface area (Å²) in [6.07, 6.45) is 4.58. The van der Waals surface area contributed by atoms with Gasteiger partial charge in [0, 0.05) is 37.6 Å². The Morgan fingerprint density at radius 1 is 1.00 bits per heavy atom. The topological polar surface area (TPSA) is 17.4 Å². The zero-order chi connectivity index (χ0) is 18.6. The molecule has 27 heavy (non-hydrogen) atoms. The summed E-state index contributed by atoms with van der Waals surface area (Å²) in [6, 6.07) is 20.0. The zero-order valence-corrected chi connectivity index (χ0v) is 15.6. The number of hydrogen-bond acceptors (Lipinski definition) is 2. The Hall–Kier alpha value is -2.59. The second-order valence-corrected chi connectivity index (χ2v) is 7.25. The normalized spacial score (nSPS) is 13.9. The third-order valence-electron chi connectivity index (χ3n) is 5.11. The number of benzene rings is 2. The minimum Gasteiger partial charge on any atom is -0.497 e. The second kappa shape index (κ2) is 7.97. The molecule has 140 valence electrons. The fourth-order valence-corrected chi connectivity index (χ4v) is 3.55. The first-order valence-corrected chi connectivity index (χ1v) is 9.47. The molecule has 0 N–H and O–H groups in total. The van der Waals surface area contributed by atoms with E-state index in [1.54, 1.807) is 19.2 Å². The summed E-state index contributed by atoms with van der Waals surface area (Å²) in [5.74, 6) is 0.719. The average Bonchev–Trinajstić information content (AvgIpc) is 3.44. The van der Waals surface area contributed by atoms with Crippen LogP contribution in [-0.2, 0) is 19.6 Å². The fourth-order valence-electron chi connectivity index (χ4n) is 3.55. The van der Waals surface area contributed by atoms with Crippen LogP contribution >= 0.6 is 0 Å². The van der Waals surface area contributed by atoms with E-state index in [0.29, 0.717) is 6.04 Å². The van der Waals surface area contributed by atoms with Crippen molar-refractivity contribution in [1.82, 2.24) is 9.47 Å². The van der Waals surface area contributed by atoms with Crippen LogP contribution in [0.2, 0.25) is 0 Å². The first-order chi connectivity index (χ1) is 13.2. The molecule has 0 spiro atoms. The Kier molecular flexibility index (Phi) is 5.26.